The van der Waals surface area contributed by atoms with Crippen LogP contribution in [0.1, 0.15) is 67.8 Å². The number of carbonyl (C=O) groups is 1. The lowest BCUT2D eigenvalue weighted by Gasteiger charge is -2.29. The van der Waals surface area contributed by atoms with Gasteiger partial charge in [0.25, 0.3) is 10.0 Å². The average molecular weight is 516 g/mol. The third kappa shape index (κ3) is 4.64. The van der Waals surface area contributed by atoms with Crippen molar-refractivity contribution in [2.45, 2.75) is 62.9 Å². The summed E-state index contributed by atoms with van der Waals surface area (Å²) in [5.74, 6) is -1.85. The first-order chi connectivity index (χ1) is 17.0. The van der Waals surface area contributed by atoms with Crippen LogP contribution in [-0.4, -0.2) is 45.8 Å². The Morgan fingerprint density at radius 1 is 1.22 bits per heavy atom. The Morgan fingerprint density at radius 2 is 2.00 bits per heavy atom. The van der Waals surface area contributed by atoms with E-state index in [1.165, 1.54) is 18.5 Å². The van der Waals surface area contributed by atoms with Crippen LogP contribution in [0, 0.1) is 11.2 Å². The van der Waals surface area contributed by atoms with E-state index in [-0.39, 0.29) is 45.0 Å². The molecular formula is C24H26FN5O5S. The van der Waals surface area contributed by atoms with Crippen LogP contribution in [0.15, 0.2) is 41.6 Å². The van der Waals surface area contributed by atoms with Crippen LogP contribution in [0.25, 0.3) is 5.69 Å². The first-order valence-electron chi connectivity index (χ1n) is 11.7. The second kappa shape index (κ2) is 8.84. The fourth-order valence-corrected chi connectivity index (χ4v) is 6.05. The summed E-state index contributed by atoms with van der Waals surface area (Å²) in [7, 11) is -4.27. The monoisotopic (exact) mass is 515 g/mol. The van der Waals surface area contributed by atoms with E-state index >= 15 is 4.39 Å². The van der Waals surface area contributed by atoms with Crippen LogP contribution in [-0.2, 0) is 10.0 Å². The van der Waals surface area contributed by atoms with Crippen LogP contribution in [0.2, 0.25) is 0 Å². The molecule has 1 heterocycles. The second-order valence-corrected chi connectivity index (χ2v) is 11.6. The maximum absolute atomic E-state index is 15.1. The smallest absolute Gasteiger partial charge is 0.335 e. The molecule has 0 unspecified atom stereocenters. The number of anilines is 1. The zero-order valence-corrected chi connectivity index (χ0v) is 20.6. The van der Waals surface area contributed by atoms with Gasteiger partial charge in [-0.15, -0.1) is 5.10 Å². The number of rotatable bonds is 8. The summed E-state index contributed by atoms with van der Waals surface area (Å²) in [5.41, 5.74) is 0.174. The van der Waals surface area contributed by atoms with E-state index in [0.29, 0.717) is 5.56 Å². The maximum atomic E-state index is 15.1. The Balaban J connectivity index is 1.59. The number of hydrogen-bond acceptors (Lipinski definition) is 7. The fourth-order valence-electron chi connectivity index (χ4n) is 4.67. The van der Waals surface area contributed by atoms with Crippen molar-refractivity contribution < 1.29 is 27.4 Å². The van der Waals surface area contributed by atoms with Gasteiger partial charge < -0.3 is 9.84 Å². The highest BCUT2D eigenvalue weighted by molar-refractivity contribution is 7.92. The normalized spacial score (nSPS) is 19.2. The summed E-state index contributed by atoms with van der Waals surface area (Å²) >= 11 is 0. The SMILES string of the molecule is CC1(C)CCC[C@H]1Oc1cc(F)c(-n2cnnn2)cc1NS(=O)(=O)c1cc(C(=O)O)ccc1C1CC1. The van der Waals surface area contributed by atoms with Crippen LogP contribution in [0.3, 0.4) is 0 Å². The fraction of sp³-hybridized carbons (Fsp3) is 0.417. The molecule has 0 aliphatic heterocycles. The summed E-state index contributed by atoms with van der Waals surface area (Å²) in [5, 5.41) is 20.2. The lowest BCUT2D eigenvalue weighted by molar-refractivity contribution is 0.0696. The molecule has 190 valence electrons. The van der Waals surface area contributed by atoms with Gasteiger partial charge in [0.05, 0.1) is 16.1 Å². The molecule has 2 N–H and O–H groups in total. The molecule has 0 radical (unpaired) electrons. The van der Waals surface area contributed by atoms with E-state index in [1.807, 2.05) is 0 Å². The summed E-state index contributed by atoms with van der Waals surface area (Å²) in [6.07, 6.45) is 5.21. The Labute approximate surface area is 207 Å². The van der Waals surface area contributed by atoms with Gasteiger partial charge in [0.1, 0.15) is 23.9 Å². The second-order valence-electron chi connectivity index (χ2n) is 9.98. The number of benzene rings is 2. The molecule has 2 saturated carbocycles. The molecule has 0 spiro atoms. The van der Waals surface area contributed by atoms with Crippen LogP contribution >= 0.6 is 0 Å². The molecule has 2 fully saturated rings. The Kier molecular flexibility index (Phi) is 5.93. The maximum Gasteiger partial charge on any atom is 0.335 e. The van der Waals surface area contributed by atoms with Crippen molar-refractivity contribution in [3.8, 4) is 11.4 Å². The number of nitrogens with zero attached hydrogens (tertiary/aromatic N) is 4. The highest BCUT2D eigenvalue weighted by atomic mass is 32.2. The third-order valence-corrected chi connectivity index (χ3v) is 8.31. The van der Waals surface area contributed by atoms with Crippen molar-refractivity contribution in [2.75, 3.05) is 4.72 Å². The zero-order chi connectivity index (χ0) is 25.7. The zero-order valence-electron chi connectivity index (χ0n) is 19.8. The van der Waals surface area contributed by atoms with Crippen LogP contribution < -0.4 is 9.46 Å². The number of nitrogens with one attached hydrogen (secondary N) is 1. The van der Waals surface area contributed by atoms with Crippen LogP contribution in [0.5, 0.6) is 5.75 Å². The van der Waals surface area contributed by atoms with Crippen molar-refractivity contribution in [3.63, 3.8) is 0 Å². The highest BCUT2D eigenvalue weighted by Gasteiger charge is 2.37. The molecule has 12 heteroatoms. The Morgan fingerprint density at radius 3 is 2.61 bits per heavy atom. The minimum Gasteiger partial charge on any atom is -0.488 e. The number of aromatic nitrogens is 4. The Bertz CT molecular complexity index is 1420. The molecule has 0 saturated heterocycles. The molecule has 1 atom stereocenters. The van der Waals surface area contributed by atoms with Gasteiger partial charge in [-0.05, 0) is 72.2 Å². The molecule has 0 bridgehead atoms. The van der Waals surface area contributed by atoms with Gasteiger partial charge in [0, 0.05) is 11.5 Å². The third-order valence-electron chi connectivity index (χ3n) is 6.88. The van der Waals surface area contributed by atoms with Gasteiger partial charge in [0.15, 0.2) is 5.82 Å². The van der Waals surface area contributed by atoms with E-state index in [9.17, 15) is 18.3 Å². The number of carboxylic acid groups (broad SMARTS) is 1. The van der Waals surface area contributed by atoms with Gasteiger partial charge in [-0.1, -0.05) is 19.9 Å². The van der Waals surface area contributed by atoms with Gasteiger partial charge in [-0.2, -0.15) is 4.68 Å². The van der Waals surface area contributed by atoms with Crippen molar-refractivity contribution in [1.82, 2.24) is 20.2 Å². The summed E-state index contributed by atoms with van der Waals surface area (Å²) in [4.78, 5) is 11.4. The molecule has 10 nitrogen and oxygen atoms in total. The molecule has 2 aliphatic rings. The van der Waals surface area contributed by atoms with Crippen molar-refractivity contribution in [2.24, 2.45) is 5.41 Å². The minimum absolute atomic E-state index is 0.00655. The number of carboxylic acids is 1. The predicted octanol–water partition coefficient (Wildman–Crippen LogP) is 4.14. The molecule has 3 aromatic rings. The van der Waals surface area contributed by atoms with Crippen molar-refractivity contribution in [3.05, 3.63) is 53.6 Å². The average Bonchev–Trinajstić information content (AvgIpc) is 3.42. The number of aromatic carboxylic acids is 1. The van der Waals surface area contributed by atoms with E-state index in [0.717, 1.165) is 48.9 Å². The molecule has 1 aromatic heterocycles. The number of ether oxygens (including phenoxy) is 1. The summed E-state index contributed by atoms with van der Waals surface area (Å²) < 4.78 is 52.1. The van der Waals surface area contributed by atoms with Gasteiger partial charge in [0.2, 0.25) is 0 Å². The van der Waals surface area contributed by atoms with Crippen molar-refractivity contribution >= 4 is 21.7 Å². The molecule has 2 aromatic carbocycles. The van der Waals surface area contributed by atoms with Gasteiger partial charge >= 0.3 is 5.97 Å². The minimum atomic E-state index is -4.27. The van der Waals surface area contributed by atoms with E-state index in [4.69, 9.17) is 4.74 Å². The van der Waals surface area contributed by atoms with Crippen molar-refractivity contribution in [1.29, 1.82) is 0 Å². The standard InChI is InChI=1S/C24H26FN5O5S/c1-24(2)9-3-4-22(24)35-20-11-17(25)19(30-13-26-28-29-30)12-18(20)27-36(33,34)21-10-15(23(31)32)7-8-16(21)14-5-6-14/h7-8,10-14,22,27H,3-6,9H2,1-2H3,(H,31,32)/t22-/m1/s1. The predicted molar refractivity (Wildman–Crippen MR) is 127 cm³/mol. The number of sulfonamides is 1. The van der Waals surface area contributed by atoms with Gasteiger partial charge in [-0.25, -0.2) is 17.6 Å². The number of hydrogen-bond donors (Lipinski definition) is 2. The molecule has 36 heavy (non-hydrogen) atoms. The van der Waals surface area contributed by atoms with E-state index in [1.54, 1.807) is 6.07 Å². The molecular weight excluding hydrogens is 489 g/mol. The highest BCUT2D eigenvalue weighted by Crippen LogP contribution is 2.45. The van der Waals surface area contributed by atoms with Gasteiger partial charge in [-0.3, -0.25) is 4.72 Å². The van der Waals surface area contributed by atoms with Crippen LogP contribution in [0.4, 0.5) is 10.1 Å². The molecule has 2 aliphatic carbocycles. The Hall–Kier alpha value is -3.54. The number of tetrazole rings is 1. The molecule has 0 amide bonds. The number of halogens is 1. The molecule has 5 rings (SSSR count). The van der Waals surface area contributed by atoms with E-state index in [2.05, 4.69) is 34.1 Å². The first kappa shape index (κ1) is 24.2. The summed E-state index contributed by atoms with van der Waals surface area (Å²) in [6, 6.07) is 6.51. The lowest BCUT2D eigenvalue weighted by Crippen LogP contribution is -2.29. The quantitative estimate of drug-likeness (QED) is 0.457. The summed E-state index contributed by atoms with van der Waals surface area (Å²) in [6.45, 7) is 4.11. The largest absolute Gasteiger partial charge is 0.488 e. The lowest BCUT2D eigenvalue weighted by atomic mass is 9.89. The van der Waals surface area contributed by atoms with E-state index < -0.39 is 21.8 Å². The topological polar surface area (TPSA) is 136 Å². The first-order valence-corrected chi connectivity index (χ1v) is 13.2.